The summed E-state index contributed by atoms with van der Waals surface area (Å²) in [4.78, 5) is 8.29. The number of aromatic nitrogens is 2. The van der Waals surface area contributed by atoms with Crippen molar-refractivity contribution in [3.05, 3.63) is 47.4 Å². The molecule has 78 valence electrons. The molecule has 0 aliphatic heterocycles. The highest BCUT2D eigenvalue weighted by molar-refractivity contribution is 6.31. The predicted octanol–water partition coefficient (Wildman–Crippen LogP) is 2.86. The Kier molecular flexibility index (Phi) is 3.13. The van der Waals surface area contributed by atoms with Gasteiger partial charge < -0.3 is 0 Å². The second kappa shape index (κ2) is 4.73. The van der Waals surface area contributed by atoms with Gasteiger partial charge in [0.15, 0.2) is 0 Å². The summed E-state index contributed by atoms with van der Waals surface area (Å²) in [7, 11) is 0. The van der Waals surface area contributed by atoms with Crippen molar-refractivity contribution in [2.75, 3.05) is 0 Å². The minimum Gasteiger partial charge on any atom is -0.265 e. The molecule has 0 fully saturated rings. The van der Waals surface area contributed by atoms with E-state index >= 15 is 0 Å². The van der Waals surface area contributed by atoms with Crippen LogP contribution in [0.4, 0.5) is 0 Å². The van der Waals surface area contributed by atoms with Crippen molar-refractivity contribution in [3.8, 4) is 17.3 Å². The van der Waals surface area contributed by atoms with E-state index < -0.39 is 0 Å². The molecule has 0 unspecified atom stereocenters. The molecule has 2 aromatic heterocycles. The highest BCUT2D eigenvalue weighted by Gasteiger charge is 2.05. The highest BCUT2D eigenvalue weighted by Crippen LogP contribution is 2.21. The summed E-state index contributed by atoms with van der Waals surface area (Å²) in [5, 5.41) is 9.17. The summed E-state index contributed by atoms with van der Waals surface area (Å²) in [5.41, 5.74) is 2.38. The van der Waals surface area contributed by atoms with Crippen molar-refractivity contribution >= 4 is 11.6 Å². The largest absolute Gasteiger partial charge is 0.265 e. The van der Waals surface area contributed by atoms with Gasteiger partial charge in [0.05, 0.1) is 28.9 Å². The molecule has 0 atom stereocenters. The van der Waals surface area contributed by atoms with Crippen LogP contribution in [-0.4, -0.2) is 9.97 Å². The van der Waals surface area contributed by atoms with Crippen LogP contribution in [0.5, 0.6) is 0 Å². The molecule has 4 heteroatoms. The molecule has 2 heterocycles. The molecule has 2 rings (SSSR count). The Morgan fingerprint density at radius 3 is 2.62 bits per heavy atom. The van der Waals surface area contributed by atoms with E-state index in [0.717, 1.165) is 11.3 Å². The zero-order valence-corrected chi connectivity index (χ0v) is 9.15. The number of hydrogen-bond donors (Lipinski definition) is 0. The number of nitriles is 1. The van der Waals surface area contributed by atoms with Gasteiger partial charge in [-0.25, -0.2) is 0 Å². The van der Waals surface area contributed by atoms with Gasteiger partial charge in [-0.3, -0.25) is 9.97 Å². The van der Waals surface area contributed by atoms with E-state index in [1.807, 2.05) is 24.3 Å². The Hall–Kier alpha value is -1.92. The Morgan fingerprint density at radius 2 is 1.94 bits per heavy atom. The second-order valence-corrected chi connectivity index (χ2v) is 3.60. The third-order valence-corrected chi connectivity index (χ3v) is 2.49. The van der Waals surface area contributed by atoms with E-state index in [2.05, 4.69) is 9.97 Å². The second-order valence-electron chi connectivity index (χ2n) is 3.20. The fourth-order valence-corrected chi connectivity index (χ4v) is 1.54. The smallest absolute Gasteiger partial charge is 0.0790 e. The lowest BCUT2D eigenvalue weighted by Crippen LogP contribution is -1.92. The number of hydrogen-bond acceptors (Lipinski definition) is 3. The Balaban J connectivity index is 2.45. The molecule has 16 heavy (non-hydrogen) atoms. The topological polar surface area (TPSA) is 49.6 Å². The van der Waals surface area contributed by atoms with E-state index in [1.54, 1.807) is 18.5 Å². The van der Waals surface area contributed by atoms with Crippen LogP contribution in [-0.2, 0) is 6.42 Å². The van der Waals surface area contributed by atoms with Gasteiger partial charge in [-0.05, 0) is 24.3 Å². The zero-order chi connectivity index (χ0) is 11.4. The molecule has 0 N–H and O–H groups in total. The maximum atomic E-state index is 8.65. The van der Waals surface area contributed by atoms with E-state index in [1.165, 1.54) is 0 Å². The molecular weight excluding hydrogens is 222 g/mol. The molecule has 2 aromatic rings. The lowest BCUT2D eigenvalue weighted by Gasteiger charge is -2.03. The van der Waals surface area contributed by atoms with Gasteiger partial charge >= 0.3 is 0 Å². The summed E-state index contributed by atoms with van der Waals surface area (Å²) in [6, 6.07) is 9.37. The van der Waals surface area contributed by atoms with E-state index in [-0.39, 0.29) is 6.42 Å². The van der Waals surface area contributed by atoms with Crippen molar-refractivity contribution in [2.24, 2.45) is 0 Å². The van der Waals surface area contributed by atoms with E-state index in [9.17, 15) is 0 Å². The monoisotopic (exact) mass is 229 g/mol. The van der Waals surface area contributed by atoms with Crippen LogP contribution in [0.2, 0.25) is 5.02 Å². The average molecular weight is 230 g/mol. The predicted molar refractivity (Wildman–Crippen MR) is 61.8 cm³/mol. The van der Waals surface area contributed by atoms with Crippen LogP contribution >= 0.6 is 11.6 Å². The SMILES string of the molecule is N#CCc1nc(-c2ccncc2)ccc1Cl. The molecule has 0 aliphatic rings. The maximum absolute atomic E-state index is 8.65. The van der Waals surface area contributed by atoms with Crippen LogP contribution < -0.4 is 0 Å². The standard InChI is InChI=1S/C12H8ClN3/c13-10-1-2-11(16-12(10)3-6-14)9-4-7-15-8-5-9/h1-2,4-5,7-8H,3H2. The lowest BCUT2D eigenvalue weighted by atomic mass is 10.1. The van der Waals surface area contributed by atoms with Crippen molar-refractivity contribution in [1.82, 2.24) is 9.97 Å². The first-order chi connectivity index (χ1) is 7.81. The first-order valence-electron chi connectivity index (χ1n) is 4.74. The summed E-state index contributed by atoms with van der Waals surface area (Å²) in [5.74, 6) is 0. The number of rotatable bonds is 2. The Bertz CT molecular complexity index is 532. The summed E-state index contributed by atoms with van der Waals surface area (Å²) in [6.07, 6.45) is 3.63. The van der Waals surface area contributed by atoms with Gasteiger partial charge in [0.25, 0.3) is 0 Å². The molecule has 0 bridgehead atoms. The number of halogens is 1. The molecule has 0 aliphatic carbocycles. The summed E-state index contributed by atoms with van der Waals surface area (Å²) < 4.78 is 0. The van der Waals surface area contributed by atoms with Crippen LogP contribution in [0.1, 0.15) is 5.69 Å². The quantitative estimate of drug-likeness (QED) is 0.796. The maximum Gasteiger partial charge on any atom is 0.0790 e. The van der Waals surface area contributed by atoms with Crippen LogP contribution in [0, 0.1) is 11.3 Å². The molecular formula is C12H8ClN3. The molecule has 0 aromatic carbocycles. The van der Waals surface area contributed by atoms with Gasteiger partial charge in [0, 0.05) is 18.0 Å². The number of pyridine rings is 2. The molecule has 3 nitrogen and oxygen atoms in total. The molecule has 0 radical (unpaired) electrons. The van der Waals surface area contributed by atoms with Crippen molar-refractivity contribution in [2.45, 2.75) is 6.42 Å². The highest BCUT2D eigenvalue weighted by atomic mass is 35.5. The van der Waals surface area contributed by atoms with Crippen molar-refractivity contribution in [1.29, 1.82) is 5.26 Å². The Morgan fingerprint density at radius 1 is 1.19 bits per heavy atom. The lowest BCUT2D eigenvalue weighted by molar-refractivity contribution is 1.12. The third kappa shape index (κ3) is 2.18. The van der Waals surface area contributed by atoms with Crippen LogP contribution in [0.3, 0.4) is 0 Å². The summed E-state index contributed by atoms with van der Waals surface area (Å²) >= 11 is 5.94. The fourth-order valence-electron chi connectivity index (χ4n) is 1.37. The molecule has 0 saturated carbocycles. The van der Waals surface area contributed by atoms with E-state index in [4.69, 9.17) is 16.9 Å². The van der Waals surface area contributed by atoms with Gasteiger partial charge in [0.2, 0.25) is 0 Å². The van der Waals surface area contributed by atoms with Gasteiger partial charge in [-0.1, -0.05) is 11.6 Å². The normalized spacial score (nSPS) is 9.75. The van der Waals surface area contributed by atoms with Gasteiger partial charge in [-0.15, -0.1) is 0 Å². The van der Waals surface area contributed by atoms with Crippen LogP contribution in [0.15, 0.2) is 36.7 Å². The molecule has 0 saturated heterocycles. The minimum absolute atomic E-state index is 0.220. The average Bonchev–Trinajstić information content (AvgIpc) is 2.33. The van der Waals surface area contributed by atoms with E-state index in [0.29, 0.717) is 10.7 Å². The fraction of sp³-hybridized carbons (Fsp3) is 0.0833. The van der Waals surface area contributed by atoms with Gasteiger partial charge in [0.1, 0.15) is 0 Å². The molecule has 0 amide bonds. The van der Waals surface area contributed by atoms with Gasteiger partial charge in [-0.2, -0.15) is 5.26 Å². The first kappa shape index (κ1) is 10.6. The van der Waals surface area contributed by atoms with Crippen LogP contribution in [0.25, 0.3) is 11.3 Å². The minimum atomic E-state index is 0.220. The number of nitrogens with zero attached hydrogens (tertiary/aromatic N) is 3. The van der Waals surface area contributed by atoms with Crippen molar-refractivity contribution in [3.63, 3.8) is 0 Å². The summed E-state index contributed by atoms with van der Waals surface area (Å²) in [6.45, 7) is 0. The van der Waals surface area contributed by atoms with Crippen molar-refractivity contribution < 1.29 is 0 Å². The zero-order valence-electron chi connectivity index (χ0n) is 8.39. The Labute approximate surface area is 98.4 Å². The third-order valence-electron chi connectivity index (χ3n) is 2.14. The first-order valence-corrected chi connectivity index (χ1v) is 5.12. The molecule has 0 spiro atoms.